The maximum Gasteiger partial charge on any atom is 0.200 e. The van der Waals surface area contributed by atoms with Crippen molar-refractivity contribution in [3.05, 3.63) is 29.3 Å². The lowest BCUT2D eigenvalue weighted by Crippen LogP contribution is -1.99. The third kappa shape index (κ3) is 1.97. The van der Waals surface area contributed by atoms with Gasteiger partial charge in [0, 0.05) is 0 Å². The lowest BCUT2D eigenvalue weighted by atomic mass is 10.2. The summed E-state index contributed by atoms with van der Waals surface area (Å²) in [5.74, 6) is 0.130. The number of hydrogen-bond acceptors (Lipinski definition) is 1. The van der Waals surface area contributed by atoms with E-state index in [-0.39, 0.29) is 17.9 Å². The van der Waals surface area contributed by atoms with Crippen LogP contribution in [0.15, 0.2) is 12.1 Å². The van der Waals surface area contributed by atoms with Crippen LogP contribution >= 0.6 is 0 Å². The standard InChI is InChI=1S/C10H8F2O/c1-3-6-13-8-5-4-7(2)9(11)10(8)12/h1,4-5H,6H2,2H3. The van der Waals surface area contributed by atoms with Gasteiger partial charge in [-0.25, -0.2) is 4.39 Å². The highest BCUT2D eigenvalue weighted by molar-refractivity contribution is 5.30. The van der Waals surface area contributed by atoms with Crippen molar-refractivity contribution in [2.45, 2.75) is 6.92 Å². The van der Waals surface area contributed by atoms with E-state index in [0.717, 1.165) is 0 Å². The van der Waals surface area contributed by atoms with E-state index in [9.17, 15) is 8.78 Å². The van der Waals surface area contributed by atoms with Crippen LogP contribution in [-0.2, 0) is 0 Å². The summed E-state index contributed by atoms with van der Waals surface area (Å²) in [5, 5.41) is 0. The summed E-state index contributed by atoms with van der Waals surface area (Å²) in [6, 6.07) is 2.79. The maximum absolute atomic E-state index is 13.0. The normalized spacial score (nSPS) is 9.38. The first kappa shape index (κ1) is 9.53. The minimum absolute atomic E-state index is 0.0700. The predicted molar refractivity (Wildman–Crippen MR) is 45.4 cm³/mol. The molecule has 1 aromatic carbocycles. The summed E-state index contributed by atoms with van der Waals surface area (Å²) < 4.78 is 30.7. The largest absolute Gasteiger partial charge is 0.478 e. The van der Waals surface area contributed by atoms with Gasteiger partial charge in [-0.2, -0.15) is 4.39 Å². The van der Waals surface area contributed by atoms with Crippen LogP contribution in [0, 0.1) is 30.9 Å². The van der Waals surface area contributed by atoms with Crippen LogP contribution in [0.3, 0.4) is 0 Å². The molecule has 0 bridgehead atoms. The van der Waals surface area contributed by atoms with Gasteiger partial charge in [-0.05, 0) is 18.6 Å². The monoisotopic (exact) mass is 182 g/mol. The molecule has 0 heterocycles. The second kappa shape index (κ2) is 3.90. The minimum Gasteiger partial charge on any atom is -0.478 e. The van der Waals surface area contributed by atoms with Crippen molar-refractivity contribution in [1.82, 2.24) is 0 Å². The number of halogens is 2. The Bertz CT molecular complexity index is 353. The summed E-state index contributed by atoms with van der Waals surface area (Å²) in [6.45, 7) is 1.41. The smallest absolute Gasteiger partial charge is 0.200 e. The molecule has 1 rings (SSSR count). The zero-order chi connectivity index (χ0) is 9.84. The molecule has 0 spiro atoms. The van der Waals surface area contributed by atoms with E-state index < -0.39 is 11.6 Å². The zero-order valence-electron chi connectivity index (χ0n) is 7.10. The van der Waals surface area contributed by atoms with Gasteiger partial charge in [-0.1, -0.05) is 12.0 Å². The highest BCUT2D eigenvalue weighted by atomic mass is 19.2. The first-order valence-corrected chi connectivity index (χ1v) is 3.67. The van der Waals surface area contributed by atoms with Crippen molar-refractivity contribution in [3.8, 4) is 18.1 Å². The quantitative estimate of drug-likeness (QED) is 0.637. The van der Waals surface area contributed by atoms with Crippen LogP contribution in [0.2, 0.25) is 0 Å². The van der Waals surface area contributed by atoms with Gasteiger partial charge >= 0.3 is 0 Å². The molecule has 68 valence electrons. The molecule has 0 amide bonds. The lowest BCUT2D eigenvalue weighted by Gasteiger charge is -2.05. The Kier molecular flexibility index (Phi) is 2.86. The number of rotatable bonds is 2. The van der Waals surface area contributed by atoms with Crippen LogP contribution in [0.1, 0.15) is 5.56 Å². The molecule has 3 heteroatoms. The summed E-state index contributed by atoms with van der Waals surface area (Å²) in [5.41, 5.74) is 0.241. The topological polar surface area (TPSA) is 9.23 Å². The highest BCUT2D eigenvalue weighted by Gasteiger charge is 2.11. The van der Waals surface area contributed by atoms with Crippen molar-refractivity contribution < 1.29 is 13.5 Å². The van der Waals surface area contributed by atoms with Gasteiger partial charge in [0.05, 0.1) is 0 Å². The molecule has 0 aliphatic heterocycles. The van der Waals surface area contributed by atoms with E-state index in [1.165, 1.54) is 19.1 Å². The number of benzene rings is 1. The van der Waals surface area contributed by atoms with Crippen molar-refractivity contribution in [2.75, 3.05) is 6.61 Å². The molecule has 0 saturated carbocycles. The Morgan fingerprint density at radius 3 is 2.69 bits per heavy atom. The first-order chi connectivity index (χ1) is 6.16. The molecule has 0 aliphatic carbocycles. The van der Waals surface area contributed by atoms with Crippen LogP contribution in [0.5, 0.6) is 5.75 Å². The predicted octanol–water partition coefficient (Wildman–Crippen LogP) is 2.29. The van der Waals surface area contributed by atoms with E-state index >= 15 is 0 Å². The van der Waals surface area contributed by atoms with Crippen LogP contribution in [0.4, 0.5) is 8.78 Å². The van der Waals surface area contributed by atoms with E-state index in [0.29, 0.717) is 0 Å². The van der Waals surface area contributed by atoms with Gasteiger partial charge in [0.2, 0.25) is 5.82 Å². The lowest BCUT2D eigenvalue weighted by molar-refractivity contribution is 0.337. The first-order valence-electron chi connectivity index (χ1n) is 3.67. The Morgan fingerprint density at radius 2 is 2.08 bits per heavy atom. The molecule has 0 aromatic heterocycles. The fourth-order valence-corrected chi connectivity index (χ4v) is 0.859. The summed E-state index contributed by atoms with van der Waals surface area (Å²) >= 11 is 0. The molecule has 0 unspecified atom stereocenters. The number of terminal acetylenes is 1. The average Bonchev–Trinajstić information content (AvgIpc) is 2.13. The van der Waals surface area contributed by atoms with Gasteiger partial charge in [-0.15, -0.1) is 6.42 Å². The summed E-state index contributed by atoms with van der Waals surface area (Å²) in [6.07, 6.45) is 4.90. The Hall–Kier alpha value is -1.56. The minimum atomic E-state index is -0.991. The van der Waals surface area contributed by atoms with Crippen molar-refractivity contribution in [1.29, 1.82) is 0 Å². The van der Waals surface area contributed by atoms with Gasteiger partial charge in [0.1, 0.15) is 6.61 Å². The van der Waals surface area contributed by atoms with Gasteiger partial charge < -0.3 is 4.74 Å². The highest BCUT2D eigenvalue weighted by Crippen LogP contribution is 2.21. The van der Waals surface area contributed by atoms with E-state index in [1.54, 1.807) is 0 Å². The second-order valence-electron chi connectivity index (χ2n) is 2.50. The molecule has 13 heavy (non-hydrogen) atoms. The fourth-order valence-electron chi connectivity index (χ4n) is 0.859. The van der Waals surface area contributed by atoms with Gasteiger partial charge in [0.15, 0.2) is 11.6 Å². The molecule has 0 N–H and O–H groups in total. The molecule has 0 radical (unpaired) electrons. The fraction of sp³-hybridized carbons (Fsp3) is 0.200. The molecule has 0 atom stereocenters. The van der Waals surface area contributed by atoms with Crippen molar-refractivity contribution in [2.24, 2.45) is 0 Å². The molecule has 1 nitrogen and oxygen atoms in total. The van der Waals surface area contributed by atoms with Gasteiger partial charge in [0.25, 0.3) is 0 Å². The molecule has 0 fully saturated rings. The number of ether oxygens (including phenoxy) is 1. The molecular formula is C10H8F2O. The second-order valence-corrected chi connectivity index (χ2v) is 2.50. The number of aryl methyl sites for hydroxylation is 1. The van der Waals surface area contributed by atoms with E-state index in [1.807, 2.05) is 0 Å². The summed E-state index contributed by atoms with van der Waals surface area (Å²) in [4.78, 5) is 0. The molecule has 1 aromatic rings. The Labute approximate surface area is 75.3 Å². The molecule has 0 saturated heterocycles. The average molecular weight is 182 g/mol. The SMILES string of the molecule is C#CCOc1ccc(C)c(F)c1F. The summed E-state index contributed by atoms with van der Waals surface area (Å²) in [7, 11) is 0. The van der Waals surface area contributed by atoms with Crippen LogP contribution < -0.4 is 4.74 Å². The zero-order valence-corrected chi connectivity index (χ0v) is 7.10. The van der Waals surface area contributed by atoms with Gasteiger partial charge in [-0.3, -0.25) is 0 Å². The molecule has 0 aliphatic rings. The third-order valence-electron chi connectivity index (χ3n) is 1.55. The van der Waals surface area contributed by atoms with Crippen molar-refractivity contribution >= 4 is 0 Å². The Balaban J connectivity index is 2.98. The Morgan fingerprint density at radius 1 is 1.38 bits per heavy atom. The number of hydrogen-bond donors (Lipinski definition) is 0. The third-order valence-corrected chi connectivity index (χ3v) is 1.55. The molecular weight excluding hydrogens is 174 g/mol. The maximum atomic E-state index is 13.0. The van der Waals surface area contributed by atoms with E-state index in [4.69, 9.17) is 11.2 Å². The van der Waals surface area contributed by atoms with Crippen LogP contribution in [-0.4, -0.2) is 6.61 Å². The van der Waals surface area contributed by atoms with Crippen molar-refractivity contribution in [3.63, 3.8) is 0 Å². The van der Waals surface area contributed by atoms with E-state index in [2.05, 4.69) is 5.92 Å². The van der Waals surface area contributed by atoms with Crippen LogP contribution in [0.25, 0.3) is 0 Å².